The third-order valence-corrected chi connectivity index (χ3v) is 10.8. The number of hydrogen-bond acceptors (Lipinski definition) is 4. The van der Waals surface area contributed by atoms with E-state index >= 15 is 0 Å². The molecular formula is C25H31F3O4. The molecule has 0 saturated heterocycles. The molecule has 1 heterocycles. The van der Waals surface area contributed by atoms with Crippen LogP contribution in [0, 0.1) is 23.2 Å². The maximum atomic E-state index is 14.1. The highest BCUT2D eigenvalue weighted by Crippen LogP contribution is 2.82. The van der Waals surface area contributed by atoms with Gasteiger partial charge in [-0.25, -0.2) is 0 Å². The molecule has 0 aromatic heterocycles. The van der Waals surface area contributed by atoms with Gasteiger partial charge in [-0.15, -0.1) is 0 Å². The van der Waals surface area contributed by atoms with Crippen LogP contribution in [0.1, 0.15) is 64.0 Å². The zero-order chi connectivity index (χ0) is 23.1. The monoisotopic (exact) mass is 452 g/mol. The summed E-state index contributed by atoms with van der Waals surface area (Å²) in [6.07, 6.45) is -1.37. The SMILES string of the molecule is COc1ccc2c3c1O[C@@]1(C)[C@]34CCC(C)[C@H](C2)[C@]42CC[C@@]1(O)[C@@H]([C@@](C)(O)C(F)(F)F)C2. The zero-order valence-electron chi connectivity index (χ0n) is 19.0. The van der Waals surface area contributed by atoms with Crippen LogP contribution < -0.4 is 9.47 Å². The van der Waals surface area contributed by atoms with Gasteiger partial charge in [0.15, 0.2) is 17.1 Å². The summed E-state index contributed by atoms with van der Waals surface area (Å²) < 4.78 is 54.7. The van der Waals surface area contributed by atoms with Gasteiger partial charge in [-0.05, 0) is 81.3 Å². The van der Waals surface area contributed by atoms with Crippen LogP contribution in [0.15, 0.2) is 12.1 Å². The number of hydrogen-bond donors (Lipinski definition) is 2. The topological polar surface area (TPSA) is 58.9 Å². The molecule has 2 N–H and O–H groups in total. The lowest BCUT2D eigenvalue weighted by molar-refractivity contribution is -0.367. The van der Waals surface area contributed by atoms with E-state index in [1.165, 1.54) is 5.56 Å². The first-order valence-corrected chi connectivity index (χ1v) is 11.7. The summed E-state index contributed by atoms with van der Waals surface area (Å²) in [5.41, 5.74) is -4.94. The van der Waals surface area contributed by atoms with Gasteiger partial charge >= 0.3 is 6.18 Å². The van der Waals surface area contributed by atoms with Crippen LogP contribution >= 0.6 is 0 Å². The van der Waals surface area contributed by atoms with Gasteiger partial charge in [0.2, 0.25) is 0 Å². The molecule has 1 aromatic rings. The first-order valence-electron chi connectivity index (χ1n) is 11.7. The fourth-order valence-corrected chi connectivity index (χ4v) is 9.35. The Morgan fingerprint density at radius 2 is 1.91 bits per heavy atom. The van der Waals surface area contributed by atoms with E-state index < -0.39 is 39.7 Å². The van der Waals surface area contributed by atoms with Crippen molar-refractivity contribution < 1.29 is 32.9 Å². The summed E-state index contributed by atoms with van der Waals surface area (Å²) in [5, 5.41) is 23.1. The molecule has 32 heavy (non-hydrogen) atoms. The predicted octanol–water partition coefficient (Wildman–Crippen LogP) is 4.53. The lowest BCUT2D eigenvalue weighted by Gasteiger charge is -2.77. The summed E-state index contributed by atoms with van der Waals surface area (Å²) in [6.45, 7) is 4.85. The largest absolute Gasteiger partial charge is 0.493 e. The van der Waals surface area contributed by atoms with E-state index in [-0.39, 0.29) is 18.8 Å². The van der Waals surface area contributed by atoms with Crippen LogP contribution in [0.25, 0.3) is 0 Å². The van der Waals surface area contributed by atoms with Gasteiger partial charge in [0.25, 0.3) is 0 Å². The Kier molecular flexibility index (Phi) is 3.69. The van der Waals surface area contributed by atoms with E-state index in [0.29, 0.717) is 23.8 Å². The minimum absolute atomic E-state index is 0.153. The predicted molar refractivity (Wildman–Crippen MR) is 111 cm³/mol. The number of fused-ring (bicyclic) bond motifs is 2. The Morgan fingerprint density at radius 1 is 1.19 bits per heavy atom. The van der Waals surface area contributed by atoms with Crippen molar-refractivity contribution in [2.24, 2.45) is 23.2 Å². The van der Waals surface area contributed by atoms with Gasteiger partial charge < -0.3 is 19.7 Å². The molecule has 4 bridgehead atoms. The van der Waals surface area contributed by atoms with Crippen LogP contribution in [-0.4, -0.2) is 40.3 Å². The molecule has 176 valence electrons. The van der Waals surface area contributed by atoms with E-state index in [4.69, 9.17) is 9.47 Å². The first kappa shape index (κ1) is 21.1. The highest BCUT2D eigenvalue weighted by molar-refractivity contribution is 5.65. The van der Waals surface area contributed by atoms with E-state index in [1.807, 2.05) is 6.07 Å². The summed E-state index contributed by atoms with van der Waals surface area (Å²) in [7, 11) is 1.56. The number of aliphatic hydroxyl groups is 2. The van der Waals surface area contributed by atoms with Crippen LogP contribution in [0.5, 0.6) is 11.5 Å². The Morgan fingerprint density at radius 3 is 2.56 bits per heavy atom. The van der Waals surface area contributed by atoms with Gasteiger partial charge in [-0.2, -0.15) is 13.2 Å². The molecule has 7 rings (SSSR count). The normalized spacial score (nSPS) is 47.5. The summed E-state index contributed by atoms with van der Waals surface area (Å²) in [5.74, 6) is 0.310. The summed E-state index contributed by atoms with van der Waals surface area (Å²) in [4.78, 5) is 0. The smallest absolute Gasteiger partial charge is 0.417 e. The average molecular weight is 453 g/mol. The van der Waals surface area contributed by atoms with Crippen molar-refractivity contribution in [2.75, 3.05) is 7.11 Å². The highest BCUT2D eigenvalue weighted by atomic mass is 19.4. The van der Waals surface area contributed by atoms with E-state index in [2.05, 4.69) is 13.0 Å². The van der Waals surface area contributed by atoms with Crippen LogP contribution in [0.3, 0.4) is 0 Å². The molecule has 1 aromatic carbocycles. The second-order valence-corrected chi connectivity index (χ2v) is 11.5. The fourth-order valence-electron chi connectivity index (χ4n) is 9.35. The van der Waals surface area contributed by atoms with Crippen molar-refractivity contribution in [1.82, 2.24) is 0 Å². The lowest BCUT2D eigenvalue weighted by atomic mass is 9.28. The number of ether oxygens (including phenoxy) is 2. The van der Waals surface area contributed by atoms with Crippen molar-refractivity contribution in [3.8, 4) is 11.5 Å². The molecule has 8 atom stereocenters. The van der Waals surface area contributed by atoms with Gasteiger partial charge in [0, 0.05) is 16.9 Å². The summed E-state index contributed by atoms with van der Waals surface area (Å²) >= 11 is 0. The molecule has 4 saturated carbocycles. The number of methoxy groups -OCH3 is 1. The van der Waals surface area contributed by atoms with Crippen molar-refractivity contribution in [2.45, 2.75) is 87.7 Å². The van der Waals surface area contributed by atoms with Gasteiger partial charge in [-0.1, -0.05) is 13.0 Å². The van der Waals surface area contributed by atoms with Gasteiger partial charge in [0.05, 0.1) is 7.11 Å². The second kappa shape index (κ2) is 5.60. The highest BCUT2D eigenvalue weighted by Gasteiger charge is 2.87. The van der Waals surface area contributed by atoms with Crippen molar-refractivity contribution >= 4 is 0 Å². The maximum Gasteiger partial charge on any atom is 0.417 e. The minimum Gasteiger partial charge on any atom is -0.493 e. The average Bonchev–Trinajstić information content (AvgIpc) is 3.00. The molecule has 4 nitrogen and oxygen atoms in total. The second-order valence-electron chi connectivity index (χ2n) is 11.5. The standard InChI is InChI=1S/C25H31F3O4/c1-13-7-8-23-18-14-5-6-16(31-4)19(18)32-21(23,3)24(30)10-9-22(23,15(13)11-14)12-17(24)20(2,29)25(26,27)28/h5-6,13,15,17,29-30H,7-12H2,1-4H3/t13?,15-,17+,20+,21-,22+,23-,24+/m0/s1. The Labute approximate surface area is 186 Å². The van der Waals surface area contributed by atoms with Gasteiger partial charge in [-0.3, -0.25) is 0 Å². The van der Waals surface area contributed by atoms with E-state index in [0.717, 1.165) is 31.7 Å². The van der Waals surface area contributed by atoms with Crippen molar-refractivity contribution in [3.63, 3.8) is 0 Å². The third kappa shape index (κ3) is 1.84. The molecule has 4 fully saturated rings. The molecule has 1 aliphatic heterocycles. The lowest BCUT2D eigenvalue weighted by Crippen LogP contribution is -2.85. The molecule has 1 unspecified atom stereocenters. The number of benzene rings is 1. The van der Waals surface area contributed by atoms with E-state index in [9.17, 15) is 23.4 Å². The van der Waals surface area contributed by atoms with Crippen LogP contribution in [0.4, 0.5) is 13.2 Å². The molecule has 7 heteroatoms. The van der Waals surface area contributed by atoms with Crippen LogP contribution in [-0.2, 0) is 11.8 Å². The Hall–Kier alpha value is -1.47. The Balaban J connectivity index is 1.68. The first-order chi connectivity index (χ1) is 14.8. The quantitative estimate of drug-likeness (QED) is 0.692. The molecule has 2 spiro atoms. The molecule has 6 aliphatic rings. The Bertz CT molecular complexity index is 1020. The summed E-state index contributed by atoms with van der Waals surface area (Å²) in [6, 6.07) is 3.95. The third-order valence-electron chi connectivity index (χ3n) is 10.8. The fraction of sp³-hybridized carbons (Fsp3) is 0.760. The number of rotatable bonds is 2. The molecular weight excluding hydrogens is 421 g/mol. The zero-order valence-corrected chi connectivity index (χ0v) is 19.0. The number of halogens is 3. The molecule has 0 amide bonds. The van der Waals surface area contributed by atoms with Crippen LogP contribution in [0.2, 0.25) is 0 Å². The molecule has 5 aliphatic carbocycles. The maximum absolute atomic E-state index is 14.1. The molecule has 0 radical (unpaired) electrons. The van der Waals surface area contributed by atoms with Crippen molar-refractivity contribution in [1.29, 1.82) is 0 Å². The van der Waals surface area contributed by atoms with E-state index in [1.54, 1.807) is 14.0 Å². The minimum atomic E-state index is -4.85. The van der Waals surface area contributed by atoms with Gasteiger partial charge in [0.1, 0.15) is 11.2 Å². The number of alkyl halides is 3. The van der Waals surface area contributed by atoms with Crippen molar-refractivity contribution in [3.05, 3.63) is 23.3 Å².